The molecular weight excluding hydrogens is 288 g/mol. The van der Waals surface area contributed by atoms with Crippen LogP contribution >= 0.6 is 0 Å². The van der Waals surface area contributed by atoms with Gasteiger partial charge in [0.2, 0.25) is 0 Å². The summed E-state index contributed by atoms with van der Waals surface area (Å²) in [6.45, 7) is 2.41. The van der Waals surface area contributed by atoms with E-state index >= 15 is 0 Å². The molecule has 0 atom stereocenters. The van der Waals surface area contributed by atoms with Crippen molar-refractivity contribution in [1.82, 2.24) is 9.88 Å². The standard InChI is InChI=1S/C19H15N2O2/c1-13-20-16-11-12-21(19(22)14-7-3-2-4-8-14)17-10-6-5-9-15(17)18(16)23-13/h2-5,7-10H,11-12H2,1H3/q+1. The highest BCUT2D eigenvalue weighted by atomic mass is 16.4. The summed E-state index contributed by atoms with van der Waals surface area (Å²) in [7, 11) is 0. The second-order valence-corrected chi connectivity index (χ2v) is 5.52. The van der Waals surface area contributed by atoms with Crippen molar-refractivity contribution in [2.24, 2.45) is 0 Å². The minimum absolute atomic E-state index is 0.0201. The summed E-state index contributed by atoms with van der Waals surface area (Å²) in [6.07, 6.45) is 9.33. The average Bonchev–Trinajstić information content (AvgIpc) is 2.89. The highest BCUT2D eigenvalue weighted by Crippen LogP contribution is 2.33. The van der Waals surface area contributed by atoms with Crippen molar-refractivity contribution in [1.29, 1.82) is 0 Å². The monoisotopic (exact) mass is 303 g/mol. The van der Waals surface area contributed by atoms with Crippen molar-refractivity contribution in [3.05, 3.63) is 83.2 Å². The average molecular weight is 303 g/mol. The van der Waals surface area contributed by atoms with Gasteiger partial charge in [-0.2, -0.15) is 0 Å². The zero-order valence-electron chi connectivity index (χ0n) is 12.7. The highest BCUT2D eigenvalue weighted by Gasteiger charge is 2.34. The highest BCUT2D eigenvalue weighted by molar-refractivity contribution is 5.97. The first kappa shape index (κ1) is 13.7. The molecule has 0 radical (unpaired) electrons. The molecule has 0 spiro atoms. The maximum atomic E-state index is 12.9. The topological polar surface area (TPSA) is 46.3 Å². The molecule has 0 saturated heterocycles. The van der Waals surface area contributed by atoms with Crippen LogP contribution in [-0.4, -0.2) is 22.3 Å². The van der Waals surface area contributed by atoms with E-state index in [0.29, 0.717) is 24.4 Å². The lowest BCUT2D eigenvalue weighted by Crippen LogP contribution is -2.31. The first-order chi connectivity index (χ1) is 11.2. The molecule has 0 fully saturated rings. The second-order valence-electron chi connectivity index (χ2n) is 5.52. The summed E-state index contributed by atoms with van der Waals surface area (Å²) in [4.78, 5) is 19.2. The van der Waals surface area contributed by atoms with E-state index in [-0.39, 0.29) is 5.91 Å². The summed E-state index contributed by atoms with van der Waals surface area (Å²) in [6, 6.07) is 9.32. The van der Waals surface area contributed by atoms with Crippen LogP contribution in [0.1, 0.15) is 27.7 Å². The number of rotatable bonds is 1. The molecule has 4 rings (SSSR count). The fourth-order valence-corrected chi connectivity index (χ4v) is 2.97. The van der Waals surface area contributed by atoms with Gasteiger partial charge in [0.25, 0.3) is 5.91 Å². The van der Waals surface area contributed by atoms with Crippen LogP contribution in [0.4, 0.5) is 0 Å². The quantitative estimate of drug-likeness (QED) is 0.759. The van der Waals surface area contributed by atoms with Crippen molar-refractivity contribution < 1.29 is 9.21 Å². The first-order valence-corrected chi connectivity index (χ1v) is 7.58. The molecule has 1 aliphatic heterocycles. The van der Waals surface area contributed by atoms with Gasteiger partial charge in [-0.3, -0.25) is 9.69 Å². The number of allylic oxidation sites excluding steroid dienone is 5. The molecule has 4 nitrogen and oxygen atoms in total. The third kappa shape index (κ3) is 2.30. The van der Waals surface area contributed by atoms with Gasteiger partial charge in [0, 0.05) is 31.5 Å². The number of aryl methyl sites for hydroxylation is 1. The Bertz CT molecular complexity index is 857. The van der Waals surface area contributed by atoms with Gasteiger partial charge in [-0.15, -0.1) is 0 Å². The molecule has 0 unspecified atom stereocenters. The van der Waals surface area contributed by atoms with Gasteiger partial charge in [0.05, 0.1) is 11.8 Å². The normalized spacial score (nSPS) is 15.8. The van der Waals surface area contributed by atoms with Gasteiger partial charge in [0.1, 0.15) is 12.2 Å². The van der Waals surface area contributed by atoms with E-state index in [0.717, 1.165) is 22.7 Å². The molecule has 2 aliphatic rings. The van der Waals surface area contributed by atoms with E-state index in [4.69, 9.17) is 4.42 Å². The van der Waals surface area contributed by atoms with Crippen LogP contribution in [0.3, 0.4) is 0 Å². The fraction of sp³-hybridized carbons (Fsp3) is 0.158. The summed E-state index contributed by atoms with van der Waals surface area (Å²) >= 11 is 0. The lowest BCUT2D eigenvalue weighted by atomic mass is 10.0. The Kier molecular flexibility index (Phi) is 3.18. The number of oxazole rings is 1. The number of amides is 1. The maximum Gasteiger partial charge on any atom is 0.270 e. The lowest BCUT2D eigenvalue weighted by Gasteiger charge is -2.19. The number of nitrogens with zero attached hydrogens (tertiary/aromatic N) is 2. The molecule has 112 valence electrons. The predicted molar refractivity (Wildman–Crippen MR) is 86.3 cm³/mol. The Morgan fingerprint density at radius 3 is 2.96 bits per heavy atom. The van der Waals surface area contributed by atoms with E-state index in [1.54, 1.807) is 4.90 Å². The number of fused-ring (bicyclic) bond motifs is 2. The molecule has 0 N–H and O–H groups in total. The number of hydrogen-bond acceptors (Lipinski definition) is 3. The van der Waals surface area contributed by atoms with Crippen molar-refractivity contribution in [2.45, 2.75) is 13.3 Å². The van der Waals surface area contributed by atoms with E-state index in [1.807, 2.05) is 55.5 Å². The number of carbonyl (C=O) groups excluding carboxylic acids is 1. The van der Waals surface area contributed by atoms with Gasteiger partial charge < -0.3 is 4.42 Å². The number of benzene rings is 1. The van der Waals surface area contributed by atoms with Crippen LogP contribution in [0, 0.1) is 13.0 Å². The first-order valence-electron chi connectivity index (χ1n) is 7.58. The molecule has 1 aromatic heterocycles. The van der Waals surface area contributed by atoms with Crippen molar-refractivity contribution >= 4 is 11.5 Å². The Morgan fingerprint density at radius 1 is 1.30 bits per heavy atom. The summed E-state index contributed by atoms with van der Waals surface area (Å²) < 4.78 is 5.78. The zero-order chi connectivity index (χ0) is 15.8. The largest absolute Gasteiger partial charge is 0.438 e. The minimum Gasteiger partial charge on any atom is -0.438 e. The molecule has 0 saturated carbocycles. The van der Waals surface area contributed by atoms with Crippen molar-refractivity contribution in [3.63, 3.8) is 0 Å². The molecule has 1 amide bonds. The van der Waals surface area contributed by atoms with Gasteiger partial charge in [-0.1, -0.05) is 18.2 Å². The number of carbonyl (C=O) groups is 1. The molecule has 2 heterocycles. The Hall–Kier alpha value is -2.97. The lowest BCUT2D eigenvalue weighted by molar-refractivity contribution is 0.0813. The molecule has 23 heavy (non-hydrogen) atoms. The second kappa shape index (κ2) is 5.34. The predicted octanol–water partition coefficient (Wildman–Crippen LogP) is 3.32. The third-order valence-electron chi connectivity index (χ3n) is 4.02. The zero-order valence-corrected chi connectivity index (χ0v) is 12.7. The number of hydrogen-bond donors (Lipinski definition) is 0. The molecular formula is C19H15N2O2+. The Morgan fingerprint density at radius 2 is 2.13 bits per heavy atom. The molecule has 2 aromatic rings. The van der Waals surface area contributed by atoms with Gasteiger partial charge in [-0.05, 0) is 12.1 Å². The molecule has 1 aliphatic carbocycles. The van der Waals surface area contributed by atoms with Crippen LogP contribution in [0.25, 0.3) is 5.57 Å². The number of aromatic nitrogens is 1. The maximum absolute atomic E-state index is 12.9. The Balaban J connectivity index is 1.82. The molecule has 0 bridgehead atoms. The van der Waals surface area contributed by atoms with Crippen LogP contribution in [0.2, 0.25) is 0 Å². The van der Waals surface area contributed by atoms with Crippen LogP contribution in [0.15, 0.2) is 58.7 Å². The SMILES string of the molecule is Cc1nc2c(o1)C1=C(C=[C+]C=C1)N(C(=O)c1ccccc1)CC2. The molecule has 4 heteroatoms. The van der Waals surface area contributed by atoms with E-state index in [2.05, 4.69) is 11.1 Å². The summed E-state index contributed by atoms with van der Waals surface area (Å²) in [5.41, 5.74) is 3.28. The van der Waals surface area contributed by atoms with Crippen molar-refractivity contribution in [3.8, 4) is 0 Å². The van der Waals surface area contributed by atoms with Gasteiger partial charge in [0.15, 0.2) is 22.9 Å². The van der Waals surface area contributed by atoms with Crippen LogP contribution in [-0.2, 0) is 6.42 Å². The minimum atomic E-state index is -0.0201. The Labute approximate surface area is 134 Å². The fourth-order valence-electron chi connectivity index (χ4n) is 2.97. The van der Waals surface area contributed by atoms with E-state index < -0.39 is 0 Å². The van der Waals surface area contributed by atoms with Crippen LogP contribution in [0.5, 0.6) is 0 Å². The van der Waals surface area contributed by atoms with E-state index in [9.17, 15) is 4.79 Å². The van der Waals surface area contributed by atoms with Gasteiger partial charge >= 0.3 is 0 Å². The van der Waals surface area contributed by atoms with E-state index in [1.165, 1.54) is 0 Å². The third-order valence-corrected chi connectivity index (χ3v) is 4.02. The van der Waals surface area contributed by atoms with Crippen LogP contribution < -0.4 is 0 Å². The summed E-state index contributed by atoms with van der Waals surface area (Å²) in [5.74, 6) is 1.39. The van der Waals surface area contributed by atoms with Crippen molar-refractivity contribution in [2.75, 3.05) is 6.54 Å². The van der Waals surface area contributed by atoms with Gasteiger partial charge in [-0.25, -0.2) is 4.98 Å². The molecule has 1 aromatic carbocycles. The summed E-state index contributed by atoms with van der Waals surface area (Å²) in [5, 5.41) is 0. The smallest absolute Gasteiger partial charge is 0.270 e.